The van der Waals surface area contributed by atoms with E-state index in [0.29, 0.717) is 54.1 Å². The molecule has 6 N–H and O–H groups in total. The summed E-state index contributed by atoms with van der Waals surface area (Å²) in [4.78, 5) is 41.1. The second-order valence-electron chi connectivity index (χ2n) is 9.23. The second kappa shape index (κ2) is 14.9. The Bertz CT molecular complexity index is 1600. The lowest BCUT2D eigenvalue weighted by Crippen LogP contribution is -2.25. The number of carbonyl (C=O) groups excluding carboxylic acids is 2. The first-order chi connectivity index (χ1) is 20.7. The van der Waals surface area contributed by atoms with Gasteiger partial charge in [0, 0.05) is 30.8 Å². The fourth-order valence-electron chi connectivity index (χ4n) is 3.97. The van der Waals surface area contributed by atoms with Crippen molar-refractivity contribution in [3.63, 3.8) is 0 Å². The molecule has 226 valence electrons. The van der Waals surface area contributed by atoms with Crippen LogP contribution >= 0.6 is 8.25 Å². The Kier molecular flexibility index (Phi) is 10.8. The Balaban J connectivity index is 1.23. The molecule has 0 saturated heterocycles. The molecule has 2 aromatic carbocycles. The van der Waals surface area contributed by atoms with Gasteiger partial charge in [0.15, 0.2) is 23.1 Å². The van der Waals surface area contributed by atoms with Crippen LogP contribution in [0.2, 0.25) is 0 Å². The minimum absolute atomic E-state index is 0.0475. The van der Waals surface area contributed by atoms with Crippen LogP contribution in [0.3, 0.4) is 0 Å². The summed E-state index contributed by atoms with van der Waals surface area (Å²) >= 11 is 0. The molecule has 0 aliphatic carbocycles. The molecule has 0 aliphatic rings. The average molecular weight is 609 g/mol. The molecule has 1 amide bonds. The largest absolute Gasteiger partial charge is 0.464 e. The molecule has 0 spiro atoms. The summed E-state index contributed by atoms with van der Waals surface area (Å²) in [5.74, 6) is -0.277. The molecule has 2 aromatic heterocycles. The number of para-hydroxylation sites is 1. The minimum Gasteiger partial charge on any atom is -0.464 e. The van der Waals surface area contributed by atoms with Crippen molar-refractivity contribution < 1.29 is 27.9 Å². The van der Waals surface area contributed by atoms with E-state index in [1.54, 1.807) is 43.5 Å². The zero-order valence-corrected chi connectivity index (χ0v) is 24.7. The van der Waals surface area contributed by atoms with Crippen molar-refractivity contribution in [1.29, 1.82) is 0 Å². The first-order valence-electron chi connectivity index (χ1n) is 13.5. The number of anilines is 3. The van der Waals surface area contributed by atoms with E-state index in [2.05, 4.69) is 30.6 Å². The Morgan fingerprint density at radius 2 is 1.77 bits per heavy atom. The van der Waals surface area contributed by atoms with E-state index in [0.717, 1.165) is 11.3 Å². The maximum atomic E-state index is 12.7. The van der Waals surface area contributed by atoms with Gasteiger partial charge in [-0.2, -0.15) is 9.97 Å². The van der Waals surface area contributed by atoms with E-state index >= 15 is 0 Å². The number of nitrogens with zero attached hydrogens (tertiary/aromatic N) is 4. The van der Waals surface area contributed by atoms with Crippen LogP contribution in [0.25, 0.3) is 11.2 Å². The summed E-state index contributed by atoms with van der Waals surface area (Å²) in [6.45, 7) is 4.19. The SMILES string of the molecule is CCOC(=O)C(C)O[PH](=O)Oc1ccccc1CCNC(=O)c1ccc(NCCc2cnc3nc(N)nc(N)c3n2)cc1. The fraction of sp³-hybridized carbons (Fsp3) is 0.286. The molecule has 0 bridgehead atoms. The lowest BCUT2D eigenvalue weighted by atomic mass is 10.1. The minimum atomic E-state index is -3.01. The summed E-state index contributed by atoms with van der Waals surface area (Å²) in [5, 5.41) is 6.16. The van der Waals surface area contributed by atoms with Gasteiger partial charge >= 0.3 is 14.2 Å². The molecular formula is C28H33N8O6P. The number of rotatable bonds is 14. The van der Waals surface area contributed by atoms with Crippen molar-refractivity contribution in [1.82, 2.24) is 25.3 Å². The third kappa shape index (κ3) is 8.84. The third-order valence-electron chi connectivity index (χ3n) is 6.10. The zero-order valence-electron chi connectivity index (χ0n) is 23.7. The van der Waals surface area contributed by atoms with Crippen molar-refractivity contribution >= 4 is 48.7 Å². The van der Waals surface area contributed by atoms with Crippen LogP contribution in [-0.2, 0) is 31.5 Å². The molecule has 0 aliphatic heterocycles. The van der Waals surface area contributed by atoms with Crippen molar-refractivity contribution in [3.8, 4) is 5.75 Å². The number of aromatic nitrogens is 4. The van der Waals surface area contributed by atoms with E-state index in [1.165, 1.54) is 6.92 Å². The highest BCUT2D eigenvalue weighted by atomic mass is 31.1. The molecule has 14 nitrogen and oxygen atoms in total. The number of benzene rings is 2. The van der Waals surface area contributed by atoms with E-state index in [4.69, 9.17) is 25.3 Å². The van der Waals surface area contributed by atoms with Gasteiger partial charge in [-0.15, -0.1) is 0 Å². The van der Waals surface area contributed by atoms with Crippen molar-refractivity contribution in [2.45, 2.75) is 32.8 Å². The van der Waals surface area contributed by atoms with Gasteiger partial charge in [-0.05, 0) is 56.2 Å². The lowest BCUT2D eigenvalue weighted by molar-refractivity contribution is -0.150. The number of carbonyl (C=O) groups is 2. The highest BCUT2D eigenvalue weighted by molar-refractivity contribution is 7.33. The number of nitrogen functional groups attached to an aromatic ring is 2. The molecule has 15 heteroatoms. The highest BCUT2D eigenvalue weighted by Gasteiger charge is 2.19. The molecule has 4 rings (SSSR count). The van der Waals surface area contributed by atoms with Crippen LogP contribution in [0, 0.1) is 0 Å². The van der Waals surface area contributed by atoms with Gasteiger partial charge in [-0.25, -0.2) is 19.3 Å². The number of amides is 1. The van der Waals surface area contributed by atoms with Crippen LogP contribution in [0.15, 0.2) is 54.7 Å². The molecule has 0 radical (unpaired) electrons. The molecule has 43 heavy (non-hydrogen) atoms. The summed E-state index contributed by atoms with van der Waals surface area (Å²) in [5.41, 5.74) is 15.0. The van der Waals surface area contributed by atoms with Gasteiger partial charge in [-0.1, -0.05) is 18.2 Å². The van der Waals surface area contributed by atoms with E-state index in [9.17, 15) is 14.2 Å². The number of fused-ring (bicyclic) bond motifs is 1. The number of hydrogen-bond acceptors (Lipinski definition) is 13. The topological polar surface area (TPSA) is 207 Å². The quantitative estimate of drug-likeness (QED) is 0.120. The highest BCUT2D eigenvalue weighted by Crippen LogP contribution is 2.32. The van der Waals surface area contributed by atoms with Crippen molar-refractivity contribution in [2.24, 2.45) is 0 Å². The van der Waals surface area contributed by atoms with E-state index < -0.39 is 20.3 Å². The lowest BCUT2D eigenvalue weighted by Gasteiger charge is -2.14. The molecule has 4 aromatic rings. The van der Waals surface area contributed by atoms with Crippen LogP contribution < -0.4 is 26.6 Å². The Hall–Kier alpha value is -4.81. The number of nitrogens with one attached hydrogen (secondary N) is 2. The monoisotopic (exact) mass is 608 g/mol. The Labute approximate surface area is 248 Å². The maximum absolute atomic E-state index is 12.7. The van der Waals surface area contributed by atoms with Gasteiger partial charge < -0.3 is 31.4 Å². The molecule has 2 atom stereocenters. The molecule has 2 unspecified atom stereocenters. The van der Waals surface area contributed by atoms with Crippen LogP contribution in [0.5, 0.6) is 5.75 Å². The van der Waals surface area contributed by atoms with Gasteiger partial charge in [0.05, 0.1) is 18.5 Å². The number of hydrogen-bond donors (Lipinski definition) is 4. The fourth-order valence-corrected chi connectivity index (χ4v) is 4.78. The smallest absolute Gasteiger partial charge is 0.368 e. The predicted octanol–water partition coefficient (Wildman–Crippen LogP) is 2.95. The van der Waals surface area contributed by atoms with Gasteiger partial charge in [-0.3, -0.25) is 9.32 Å². The molecule has 2 heterocycles. The Morgan fingerprint density at radius 3 is 2.53 bits per heavy atom. The number of ether oxygens (including phenoxy) is 1. The van der Waals surface area contributed by atoms with Gasteiger partial charge in [0.25, 0.3) is 5.91 Å². The Morgan fingerprint density at radius 1 is 1.00 bits per heavy atom. The van der Waals surface area contributed by atoms with Gasteiger partial charge in [0.1, 0.15) is 5.75 Å². The maximum Gasteiger partial charge on any atom is 0.368 e. The summed E-state index contributed by atoms with van der Waals surface area (Å²) in [6, 6.07) is 14.1. The van der Waals surface area contributed by atoms with Crippen LogP contribution in [-0.4, -0.2) is 57.6 Å². The van der Waals surface area contributed by atoms with Crippen molar-refractivity contribution in [2.75, 3.05) is 36.5 Å². The van der Waals surface area contributed by atoms with Crippen molar-refractivity contribution in [3.05, 3.63) is 71.5 Å². The van der Waals surface area contributed by atoms with E-state index in [-0.39, 0.29) is 24.3 Å². The molecule has 0 saturated carbocycles. The zero-order chi connectivity index (χ0) is 30.8. The van der Waals surface area contributed by atoms with Gasteiger partial charge in [0.2, 0.25) is 5.95 Å². The molecule has 0 fully saturated rings. The second-order valence-corrected chi connectivity index (χ2v) is 10.2. The van der Waals surface area contributed by atoms with Crippen LogP contribution in [0.1, 0.15) is 35.5 Å². The van der Waals surface area contributed by atoms with Crippen LogP contribution in [0.4, 0.5) is 17.5 Å². The molecular weight excluding hydrogens is 575 g/mol. The van der Waals surface area contributed by atoms with E-state index in [1.807, 2.05) is 18.2 Å². The third-order valence-corrected chi connectivity index (χ3v) is 7.03. The summed E-state index contributed by atoms with van der Waals surface area (Å²) in [6.07, 6.45) is 1.60. The normalized spacial score (nSPS) is 12.3. The average Bonchev–Trinajstić information content (AvgIpc) is 2.98. The first-order valence-corrected chi connectivity index (χ1v) is 14.8. The number of esters is 1. The standard InChI is InChI=1S/C28H33N8O6P/c1-3-40-27(38)17(2)41-43(39)42-22-7-5-4-6-18(22)12-14-32-26(37)19-8-10-20(11-9-19)31-15-13-21-16-33-25-23(34-21)24(29)35-28(30)36-25/h4-11,16-17,31,43H,3,12-15H2,1-2H3,(H,32,37)(H4,29,30,33,35,36). The number of nitrogens with two attached hydrogens (primary N) is 2. The predicted molar refractivity (Wildman–Crippen MR) is 162 cm³/mol. The summed E-state index contributed by atoms with van der Waals surface area (Å²) < 4.78 is 27.8. The summed E-state index contributed by atoms with van der Waals surface area (Å²) in [7, 11) is -3.01. The first kappa shape index (κ1) is 31.1.